The number of rotatable bonds is 2. The molecule has 1 aliphatic heterocycles. The van der Waals surface area contributed by atoms with Gasteiger partial charge in [-0.15, -0.1) is 11.3 Å². The van der Waals surface area contributed by atoms with E-state index in [9.17, 15) is 4.79 Å². The number of carbonyl (C=O) groups excluding carboxylic acids is 1. The van der Waals surface area contributed by atoms with Crippen LogP contribution in [0.3, 0.4) is 0 Å². The molecule has 1 fully saturated rings. The van der Waals surface area contributed by atoms with E-state index in [2.05, 4.69) is 15.6 Å². The predicted molar refractivity (Wildman–Crippen MR) is 95.3 cm³/mol. The normalized spacial score (nSPS) is 17.8. The zero-order valence-electron chi connectivity index (χ0n) is 14.1. The molecule has 2 aromatic heterocycles. The van der Waals surface area contributed by atoms with Crippen molar-refractivity contribution < 1.29 is 4.79 Å². The molecule has 1 amide bonds. The highest BCUT2D eigenvalue weighted by Gasteiger charge is 2.35. The number of hydrogen-bond acceptors (Lipinski definition) is 4. The van der Waals surface area contributed by atoms with Crippen LogP contribution >= 0.6 is 11.3 Å². The molecule has 1 aliphatic rings. The van der Waals surface area contributed by atoms with Crippen LogP contribution in [0.5, 0.6) is 0 Å². The molecular weight excluding hydrogens is 320 g/mol. The molecule has 1 aromatic carbocycles. The molecule has 0 spiro atoms. The summed E-state index contributed by atoms with van der Waals surface area (Å²) in [4.78, 5) is 25.0. The Hall–Kier alpha value is -2.21. The molecule has 4 rings (SSSR count). The highest BCUT2D eigenvalue weighted by molar-refractivity contribution is 7.13. The lowest BCUT2D eigenvalue weighted by atomic mass is 10.2. The van der Waals surface area contributed by atoms with Crippen LogP contribution in [0, 0.1) is 13.8 Å². The third kappa shape index (κ3) is 2.33. The van der Waals surface area contributed by atoms with Gasteiger partial charge in [-0.05, 0) is 38.8 Å². The van der Waals surface area contributed by atoms with Crippen LogP contribution in [0.2, 0.25) is 0 Å². The summed E-state index contributed by atoms with van der Waals surface area (Å²) in [5.74, 6) is 1.06. The molecule has 24 heavy (non-hydrogen) atoms. The average molecular weight is 340 g/mol. The van der Waals surface area contributed by atoms with Crippen LogP contribution in [-0.2, 0) is 7.05 Å². The molecule has 0 radical (unpaired) electrons. The number of nitrogens with zero attached hydrogens (tertiary/aromatic N) is 4. The summed E-state index contributed by atoms with van der Waals surface area (Å²) in [7, 11) is 2.04. The largest absolute Gasteiger partial charge is 0.329 e. The molecule has 3 aromatic rings. The first-order valence-corrected chi connectivity index (χ1v) is 9.04. The van der Waals surface area contributed by atoms with Gasteiger partial charge in [-0.3, -0.25) is 4.79 Å². The van der Waals surface area contributed by atoms with Gasteiger partial charge >= 0.3 is 0 Å². The predicted octanol–water partition coefficient (Wildman–Crippen LogP) is 3.62. The van der Waals surface area contributed by atoms with Gasteiger partial charge in [0.15, 0.2) is 0 Å². The maximum atomic E-state index is 13.1. The molecule has 0 unspecified atom stereocenters. The molecule has 3 heterocycles. The number of para-hydroxylation sites is 2. The highest BCUT2D eigenvalue weighted by atomic mass is 32.1. The Morgan fingerprint density at radius 1 is 1.25 bits per heavy atom. The van der Waals surface area contributed by atoms with E-state index in [0.717, 1.165) is 51.8 Å². The van der Waals surface area contributed by atoms with Crippen LogP contribution in [0.4, 0.5) is 0 Å². The summed E-state index contributed by atoms with van der Waals surface area (Å²) >= 11 is 1.49. The number of aryl methyl sites for hydroxylation is 3. The Balaban J connectivity index is 1.73. The Kier molecular flexibility index (Phi) is 3.64. The van der Waals surface area contributed by atoms with Crippen molar-refractivity contribution in [1.29, 1.82) is 0 Å². The third-order valence-electron chi connectivity index (χ3n) is 4.73. The number of carbonyl (C=O) groups is 1. The van der Waals surface area contributed by atoms with E-state index < -0.39 is 0 Å². The monoisotopic (exact) mass is 340 g/mol. The van der Waals surface area contributed by atoms with Crippen LogP contribution in [0.15, 0.2) is 24.3 Å². The minimum atomic E-state index is 0.0386. The lowest BCUT2D eigenvalue weighted by molar-refractivity contribution is 0.0732. The topological polar surface area (TPSA) is 51.0 Å². The molecular formula is C18H20N4OS. The van der Waals surface area contributed by atoms with E-state index in [1.165, 1.54) is 11.3 Å². The Morgan fingerprint density at radius 3 is 2.75 bits per heavy atom. The van der Waals surface area contributed by atoms with Crippen LogP contribution in [0.25, 0.3) is 11.0 Å². The molecule has 6 heteroatoms. The molecule has 0 bridgehead atoms. The van der Waals surface area contributed by atoms with Gasteiger partial charge in [-0.25, -0.2) is 9.97 Å². The SMILES string of the molecule is Cc1nc(C)c(C(=O)N2CCC[C@H]2c2nc3ccccc3n2C)s1. The second-order valence-electron chi connectivity index (χ2n) is 6.32. The van der Waals surface area contributed by atoms with Crippen molar-refractivity contribution in [3.63, 3.8) is 0 Å². The maximum Gasteiger partial charge on any atom is 0.266 e. The highest BCUT2D eigenvalue weighted by Crippen LogP contribution is 2.35. The first kappa shape index (κ1) is 15.3. The Bertz CT molecular complexity index is 926. The van der Waals surface area contributed by atoms with E-state index in [1.807, 2.05) is 44.0 Å². The van der Waals surface area contributed by atoms with Crippen molar-refractivity contribution in [2.45, 2.75) is 32.7 Å². The summed E-state index contributed by atoms with van der Waals surface area (Å²) in [5.41, 5.74) is 2.92. The van der Waals surface area contributed by atoms with Crippen molar-refractivity contribution in [3.8, 4) is 0 Å². The number of likely N-dealkylation sites (tertiary alicyclic amines) is 1. The molecule has 1 saturated heterocycles. The van der Waals surface area contributed by atoms with Gasteiger partial charge in [0.25, 0.3) is 5.91 Å². The second kappa shape index (κ2) is 5.70. The smallest absolute Gasteiger partial charge is 0.266 e. The van der Waals surface area contributed by atoms with Gasteiger partial charge in [0.1, 0.15) is 10.7 Å². The van der Waals surface area contributed by atoms with Crippen LogP contribution < -0.4 is 0 Å². The van der Waals surface area contributed by atoms with E-state index in [0.29, 0.717) is 0 Å². The minimum absolute atomic E-state index is 0.0386. The summed E-state index contributed by atoms with van der Waals surface area (Å²) in [6.45, 7) is 4.64. The zero-order chi connectivity index (χ0) is 16.8. The van der Waals surface area contributed by atoms with Gasteiger partial charge in [0.05, 0.1) is 27.8 Å². The summed E-state index contributed by atoms with van der Waals surface area (Å²) in [6, 6.07) is 8.16. The fourth-order valence-corrected chi connectivity index (χ4v) is 4.48. The number of thiazole rings is 1. The average Bonchev–Trinajstić information content (AvgIpc) is 3.25. The number of amides is 1. The van der Waals surface area contributed by atoms with E-state index in [-0.39, 0.29) is 11.9 Å². The van der Waals surface area contributed by atoms with Gasteiger partial charge in [0, 0.05) is 13.6 Å². The molecule has 1 atom stereocenters. The number of fused-ring (bicyclic) bond motifs is 1. The minimum Gasteiger partial charge on any atom is -0.329 e. The molecule has 0 saturated carbocycles. The second-order valence-corrected chi connectivity index (χ2v) is 7.52. The maximum absolute atomic E-state index is 13.1. The first-order valence-electron chi connectivity index (χ1n) is 8.22. The Labute approximate surface area is 145 Å². The van der Waals surface area contributed by atoms with Gasteiger partial charge in [-0.1, -0.05) is 12.1 Å². The summed E-state index contributed by atoms with van der Waals surface area (Å²) < 4.78 is 2.12. The Morgan fingerprint density at radius 2 is 2.04 bits per heavy atom. The quantitative estimate of drug-likeness (QED) is 0.716. The van der Waals surface area contributed by atoms with Crippen molar-refractivity contribution >= 4 is 28.3 Å². The van der Waals surface area contributed by atoms with E-state index >= 15 is 0 Å². The van der Waals surface area contributed by atoms with Crippen molar-refractivity contribution in [2.24, 2.45) is 7.05 Å². The summed E-state index contributed by atoms with van der Waals surface area (Å²) in [6.07, 6.45) is 1.97. The van der Waals surface area contributed by atoms with Crippen molar-refractivity contribution in [3.05, 3.63) is 45.7 Å². The van der Waals surface area contributed by atoms with E-state index in [4.69, 9.17) is 4.98 Å². The summed E-state index contributed by atoms with van der Waals surface area (Å²) in [5, 5.41) is 0.939. The van der Waals surface area contributed by atoms with Gasteiger partial charge in [-0.2, -0.15) is 0 Å². The van der Waals surface area contributed by atoms with E-state index in [1.54, 1.807) is 0 Å². The lowest BCUT2D eigenvalue weighted by Crippen LogP contribution is -2.31. The first-order chi connectivity index (χ1) is 11.6. The zero-order valence-corrected chi connectivity index (χ0v) is 14.9. The fraction of sp³-hybridized carbons (Fsp3) is 0.389. The third-order valence-corrected chi connectivity index (χ3v) is 5.79. The van der Waals surface area contributed by atoms with Gasteiger partial charge in [0.2, 0.25) is 0 Å². The lowest BCUT2D eigenvalue weighted by Gasteiger charge is -2.24. The molecule has 0 N–H and O–H groups in total. The van der Waals surface area contributed by atoms with Crippen LogP contribution in [0.1, 0.15) is 45.1 Å². The number of imidazole rings is 1. The van der Waals surface area contributed by atoms with Crippen molar-refractivity contribution in [2.75, 3.05) is 6.54 Å². The van der Waals surface area contributed by atoms with Crippen LogP contribution in [-0.4, -0.2) is 31.9 Å². The van der Waals surface area contributed by atoms with Crippen molar-refractivity contribution in [1.82, 2.24) is 19.4 Å². The van der Waals surface area contributed by atoms with Gasteiger partial charge < -0.3 is 9.47 Å². The molecule has 5 nitrogen and oxygen atoms in total. The fourth-order valence-electron chi connectivity index (χ4n) is 3.60. The molecule has 0 aliphatic carbocycles. The standard InChI is InChI=1S/C18H20N4OS/c1-11-16(24-12(2)19-11)18(23)22-10-6-9-15(22)17-20-13-7-4-5-8-14(13)21(17)3/h4-5,7-8,15H,6,9-10H2,1-3H3/t15-/m0/s1. The molecule has 124 valence electrons. The number of benzene rings is 1. The number of hydrogen-bond donors (Lipinski definition) is 0. The number of aromatic nitrogens is 3.